The Bertz CT molecular complexity index is 490. The Kier molecular flexibility index (Phi) is 4.47. The predicted molar refractivity (Wildman–Crippen MR) is 78.2 cm³/mol. The Morgan fingerprint density at radius 2 is 2.16 bits per heavy atom. The fourth-order valence-corrected chi connectivity index (χ4v) is 3.06. The highest BCUT2D eigenvalue weighted by Crippen LogP contribution is 2.32. The van der Waals surface area contributed by atoms with Crippen LogP contribution in [0.25, 0.3) is 0 Å². The van der Waals surface area contributed by atoms with Crippen LogP contribution in [-0.4, -0.2) is 29.4 Å². The number of nitrogens with zero attached hydrogens (tertiary/aromatic N) is 1. The highest BCUT2D eigenvalue weighted by molar-refractivity contribution is 7.99. The summed E-state index contributed by atoms with van der Waals surface area (Å²) in [5.74, 6) is 0.693. The van der Waals surface area contributed by atoms with Crippen molar-refractivity contribution in [2.75, 3.05) is 16.4 Å². The minimum atomic E-state index is -0.336. The maximum absolute atomic E-state index is 12.3. The van der Waals surface area contributed by atoms with Gasteiger partial charge in [-0.05, 0) is 25.0 Å². The Morgan fingerprint density at radius 1 is 1.42 bits per heavy atom. The van der Waals surface area contributed by atoms with Gasteiger partial charge in [0.1, 0.15) is 0 Å². The van der Waals surface area contributed by atoms with E-state index in [1.54, 1.807) is 0 Å². The lowest BCUT2D eigenvalue weighted by Gasteiger charge is -2.22. The van der Waals surface area contributed by atoms with Gasteiger partial charge in [0.15, 0.2) is 0 Å². The van der Waals surface area contributed by atoms with Gasteiger partial charge in [-0.15, -0.1) is 0 Å². The summed E-state index contributed by atoms with van der Waals surface area (Å²) < 4.78 is 0. The molecule has 4 nitrogen and oxygen atoms in total. The van der Waals surface area contributed by atoms with Gasteiger partial charge in [-0.25, -0.2) is 0 Å². The van der Waals surface area contributed by atoms with E-state index in [1.807, 2.05) is 23.1 Å². The Morgan fingerprint density at radius 3 is 2.89 bits per heavy atom. The Balaban J connectivity index is 1.94. The van der Waals surface area contributed by atoms with E-state index in [9.17, 15) is 9.59 Å². The molecule has 0 fully saturated rings. The summed E-state index contributed by atoms with van der Waals surface area (Å²) in [5, 5.41) is 0. The van der Waals surface area contributed by atoms with E-state index >= 15 is 0 Å². The molecule has 0 unspecified atom stereocenters. The SMILES string of the molecule is C[C@H]1Cc2ccccc2N1C(=O)CCSCC(N)=O. The number of thioether (sulfide) groups is 1. The molecule has 0 bridgehead atoms. The molecule has 0 radical (unpaired) electrons. The molecule has 1 heterocycles. The molecule has 1 atom stereocenters. The minimum Gasteiger partial charge on any atom is -0.369 e. The zero-order valence-electron chi connectivity index (χ0n) is 11.0. The van der Waals surface area contributed by atoms with E-state index in [4.69, 9.17) is 5.73 Å². The minimum absolute atomic E-state index is 0.120. The first-order valence-electron chi connectivity index (χ1n) is 6.35. The van der Waals surface area contributed by atoms with Crippen LogP contribution in [0.15, 0.2) is 24.3 Å². The number of fused-ring (bicyclic) bond motifs is 1. The van der Waals surface area contributed by atoms with Gasteiger partial charge in [0.2, 0.25) is 11.8 Å². The highest BCUT2D eigenvalue weighted by Gasteiger charge is 2.29. The maximum Gasteiger partial charge on any atom is 0.228 e. The van der Waals surface area contributed by atoms with Crippen molar-refractivity contribution in [3.8, 4) is 0 Å². The number of benzene rings is 1. The molecular weight excluding hydrogens is 260 g/mol. The normalized spacial score (nSPS) is 17.3. The van der Waals surface area contributed by atoms with Crippen molar-refractivity contribution in [2.45, 2.75) is 25.8 Å². The van der Waals surface area contributed by atoms with Gasteiger partial charge in [-0.1, -0.05) is 18.2 Å². The van der Waals surface area contributed by atoms with Crippen LogP contribution >= 0.6 is 11.8 Å². The van der Waals surface area contributed by atoms with Gasteiger partial charge in [0.05, 0.1) is 5.75 Å². The number of hydrogen-bond acceptors (Lipinski definition) is 3. The summed E-state index contributed by atoms with van der Waals surface area (Å²) >= 11 is 1.41. The average Bonchev–Trinajstić information content (AvgIpc) is 2.70. The predicted octanol–water partition coefficient (Wildman–Crippen LogP) is 1.57. The summed E-state index contributed by atoms with van der Waals surface area (Å²) in [6, 6.07) is 8.24. The highest BCUT2D eigenvalue weighted by atomic mass is 32.2. The number of nitrogens with two attached hydrogens (primary N) is 1. The van der Waals surface area contributed by atoms with Crippen LogP contribution < -0.4 is 10.6 Å². The molecule has 0 saturated carbocycles. The second-order valence-electron chi connectivity index (χ2n) is 4.71. The van der Waals surface area contributed by atoms with Crippen molar-refractivity contribution in [2.24, 2.45) is 5.73 Å². The zero-order chi connectivity index (χ0) is 13.8. The number of para-hydroxylation sites is 1. The van der Waals surface area contributed by atoms with Gasteiger partial charge < -0.3 is 10.6 Å². The summed E-state index contributed by atoms with van der Waals surface area (Å²) in [6.07, 6.45) is 1.35. The second-order valence-corrected chi connectivity index (χ2v) is 5.82. The maximum atomic E-state index is 12.3. The van der Waals surface area contributed by atoms with Crippen LogP contribution in [0.4, 0.5) is 5.69 Å². The van der Waals surface area contributed by atoms with Crippen molar-refractivity contribution < 1.29 is 9.59 Å². The Labute approximate surface area is 117 Å². The van der Waals surface area contributed by atoms with Crippen molar-refractivity contribution in [1.29, 1.82) is 0 Å². The molecule has 2 N–H and O–H groups in total. The van der Waals surface area contributed by atoms with Gasteiger partial charge >= 0.3 is 0 Å². The van der Waals surface area contributed by atoms with E-state index < -0.39 is 0 Å². The number of amides is 2. The third kappa shape index (κ3) is 3.29. The molecule has 0 saturated heterocycles. The molecule has 0 aromatic heterocycles. The van der Waals surface area contributed by atoms with E-state index in [1.165, 1.54) is 17.3 Å². The summed E-state index contributed by atoms with van der Waals surface area (Å²) in [5.41, 5.74) is 7.32. The topological polar surface area (TPSA) is 63.4 Å². The number of rotatable bonds is 5. The molecule has 1 aromatic carbocycles. The van der Waals surface area contributed by atoms with Gasteiger partial charge in [0.25, 0.3) is 0 Å². The van der Waals surface area contributed by atoms with Gasteiger partial charge in [0, 0.05) is 23.9 Å². The van der Waals surface area contributed by atoms with E-state index in [0.717, 1.165) is 12.1 Å². The molecule has 5 heteroatoms. The molecule has 1 aromatic rings. The Hall–Kier alpha value is -1.49. The lowest BCUT2D eigenvalue weighted by molar-refractivity contribution is -0.118. The third-order valence-electron chi connectivity index (χ3n) is 3.18. The van der Waals surface area contributed by atoms with E-state index in [-0.39, 0.29) is 23.6 Å². The molecule has 0 spiro atoms. The van der Waals surface area contributed by atoms with Crippen LogP contribution in [0.1, 0.15) is 18.9 Å². The van der Waals surface area contributed by atoms with Crippen molar-refractivity contribution >= 4 is 29.3 Å². The largest absolute Gasteiger partial charge is 0.369 e. The second kappa shape index (κ2) is 6.10. The smallest absolute Gasteiger partial charge is 0.228 e. The lowest BCUT2D eigenvalue weighted by Crippen LogP contribution is -2.35. The molecule has 1 aliphatic rings. The van der Waals surface area contributed by atoms with Crippen molar-refractivity contribution in [3.63, 3.8) is 0 Å². The lowest BCUT2D eigenvalue weighted by atomic mass is 10.1. The third-order valence-corrected chi connectivity index (χ3v) is 4.16. The van der Waals surface area contributed by atoms with Crippen LogP contribution in [0.2, 0.25) is 0 Å². The summed E-state index contributed by atoms with van der Waals surface area (Å²) in [4.78, 5) is 24.8. The number of anilines is 1. The molecule has 19 heavy (non-hydrogen) atoms. The molecule has 0 aliphatic carbocycles. The number of carbonyl (C=O) groups is 2. The summed E-state index contributed by atoms with van der Waals surface area (Å²) in [6.45, 7) is 2.06. The monoisotopic (exact) mass is 278 g/mol. The van der Waals surface area contributed by atoms with Gasteiger partial charge in [-0.2, -0.15) is 11.8 Å². The first-order chi connectivity index (χ1) is 9.09. The van der Waals surface area contributed by atoms with Crippen molar-refractivity contribution in [1.82, 2.24) is 0 Å². The molecule has 1 aliphatic heterocycles. The van der Waals surface area contributed by atoms with Crippen molar-refractivity contribution in [3.05, 3.63) is 29.8 Å². The number of carbonyl (C=O) groups excluding carboxylic acids is 2. The van der Waals surface area contributed by atoms with E-state index in [2.05, 4.69) is 13.0 Å². The average molecular weight is 278 g/mol. The van der Waals surface area contributed by atoms with Crippen LogP contribution in [0, 0.1) is 0 Å². The molecule has 2 rings (SSSR count). The quantitative estimate of drug-likeness (QED) is 0.832. The van der Waals surface area contributed by atoms with Gasteiger partial charge in [-0.3, -0.25) is 9.59 Å². The standard InChI is InChI=1S/C14H18N2O2S/c1-10-8-11-4-2-3-5-12(11)16(10)14(18)6-7-19-9-13(15)17/h2-5,10H,6-9H2,1H3,(H2,15,17)/t10-/m0/s1. The fourth-order valence-electron chi connectivity index (χ4n) is 2.40. The van der Waals surface area contributed by atoms with Crippen LogP contribution in [-0.2, 0) is 16.0 Å². The zero-order valence-corrected chi connectivity index (χ0v) is 11.8. The first-order valence-corrected chi connectivity index (χ1v) is 7.51. The number of primary amides is 1. The summed E-state index contributed by atoms with van der Waals surface area (Å²) in [7, 11) is 0. The van der Waals surface area contributed by atoms with Crippen LogP contribution in [0.5, 0.6) is 0 Å². The molecule has 2 amide bonds. The first kappa shape index (κ1) is 13.9. The van der Waals surface area contributed by atoms with Crippen LogP contribution in [0.3, 0.4) is 0 Å². The number of hydrogen-bond donors (Lipinski definition) is 1. The molecule has 102 valence electrons. The molecular formula is C14H18N2O2S. The fraction of sp³-hybridized carbons (Fsp3) is 0.429. The van der Waals surface area contributed by atoms with E-state index in [0.29, 0.717) is 12.2 Å².